The first-order valence-corrected chi connectivity index (χ1v) is 12.9. The molecule has 186 valence electrons. The van der Waals surface area contributed by atoms with Crippen molar-refractivity contribution in [1.82, 2.24) is 10.3 Å². The zero-order valence-electron chi connectivity index (χ0n) is 20.1. The first kappa shape index (κ1) is 25.2. The van der Waals surface area contributed by atoms with Gasteiger partial charge in [-0.3, -0.25) is 10.1 Å². The van der Waals surface area contributed by atoms with Crippen LogP contribution in [0.1, 0.15) is 21.5 Å². The van der Waals surface area contributed by atoms with Crippen LogP contribution in [0.3, 0.4) is 0 Å². The highest BCUT2D eigenvalue weighted by Gasteiger charge is 2.20. The number of fused-ring (bicyclic) bond motifs is 2. The van der Waals surface area contributed by atoms with E-state index in [1.54, 1.807) is 24.3 Å². The van der Waals surface area contributed by atoms with E-state index in [4.69, 9.17) is 33.0 Å². The molecule has 1 amide bonds. The lowest BCUT2D eigenvalue weighted by molar-refractivity contribution is 0.0975. The summed E-state index contributed by atoms with van der Waals surface area (Å²) in [5.74, 6) is 0.423. The number of anilines is 1. The number of oxazole rings is 1. The molecule has 0 saturated heterocycles. The van der Waals surface area contributed by atoms with E-state index in [9.17, 15) is 4.79 Å². The number of methoxy groups -OCH3 is 1. The van der Waals surface area contributed by atoms with Crippen LogP contribution in [0.4, 0.5) is 5.69 Å². The Kier molecular flexibility index (Phi) is 6.90. The molecule has 0 radical (unpaired) electrons. The van der Waals surface area contributed by atoms with E-state index >= 15 is 0 Å². The van der Waals surface area contributed by atoms with Crippen molar-refractivity contribution in [2.75, 3.05) is 12.4 Å². The van der Waals surface area contributed by atoms with Crippen LogP contribution < -0.4 is 15.4 Å². The molecule has 0 aliphatic rings. The highest BCUT2D eigenvalue weighted by molar-refractivity contribution is 9.10. The molecule has 0 atom stereocenters. The number of nitrogens with one attached hydrogen (secondary N) is 2. The molecule has 5 aromatic rings. The second kappa shape index (κ2) is 10.1. The minimum atomic E-state index is -0.403. The molecule has 1 heterocycles. The monoisotopic (exact) mass is 593 g/mol. The number of thiocarbonyl (C=S) groups is 1. The maximum absolute atomic E-state index is 13.1. The summed E-state index contributed by atoms with van der Waals surface area (Å²) in [6.07, 6.45) is 0. The Labute approximate surface area is 232 Å². The van der Waals surface area contributed by atoms with Crippen molar-refractivity contribution < 1.29 is 13.9 Å². The Balaban J connectivity index is 1.39. The number of rotatable bonds is 4. The van der Waals surface area contributed by atoms with E-state index in [1.165, 1.54) is 7.11 Å². The zero-order chi connectivity index (χ0) is 26.3. The van der Waals surface area contributed by atoms with Crippen molar-refractivity contribution in [3.8, 4) is 17.2 Å². The molecule has 0 saturated carbocycles. The summed E-state index contributed by atoms with van der Waals surface area (Å²) < 4.78 is 12.2. The van der Waals surface area contributed by atoms with Crippen molar-refractivity contribution in [1.29, 1.82) is 0 Å². The predicted molar refractivity (Wildman–Crippen MR) is 156 cm³/mol. The molecule has 0 aliphatic carbocycles. The molecule has 2 N–H and O–H groups in total. The van der Waals surface area contributed by atoms with E-state index in [1.807, 2.05) is 50.2 Å². The molecular weight excluding hydrogens is 574 g/mol. The van der Waals surface area contributed by atoms with Gasteiger partial charge in [0.25, 0.3) is 5.91 Å². The summed E-state index contributed by atoms with van der Waals surface area (Å²) in [7, 11) is 1.52. The van der Waals surface area contributed by atoms with E-state index in [0.717, 1.165) is 27.4 Å². The van der Waals surface area contributed by atoms with E-state index in [0.29, 0.717) is 43.5 Å². The second-order valence-corrected chi connectivity index (χ2v) is 10.2. The zero-order valence-corrected chi connectivity index (χ0v) is 23.3. The van der Waals surface area contributed by atoms with Gasteiger partial charge in [0, 0.05) is 5.69 Å². The number of hydrogen-bond donors (Lipinski definition) is 2. The van der Waals surface area contributed by atoms with Gasteiger partial charge in [0.1, 0.15) is 11.3 Å². The third-order valence-electron chi connectivity index (χ3n) is 5.89. The normalized spacial score (nSPS) is 11.1. The van der Waals surface area contributed by atoms with Crippen LogP contribution in [-0.4, -0.2) is 23.1 Å². The highest BCUT2D eigenvalue weighted by atomic mass is 79.9. The maximum atomic E-state index is 13.1. The lowest BCUT2D eigenvalue weighted by Crippen LogP contribution is -2.34. The van der Waals surface area contributed by atoms with Crippen LogP contribution in [0.25, 0.3) is 33.3 Å². The molecule has 4 aromatic carbocycles. The lowest BCUT2D eigenvalue weighted by atomic mass is 10.1. The number of carbonyl (C=O) groups is 1. The Bertz CT molecular complexity index is 1720. The molecule has 6 nitrogen and oxygen atoms in total. The van der Waals surface area contributed by atoms with E-state index in [-0.39, 0.29) is 5.11 Å². The third-order valence-corrected chi connectivity index (χ3v) is 7.21. The summed E-state index contributed by atoms with van der Waals surface area (Å²) in [6.45, 7) is 3.99. The number of benzene rings is 4. The molecule has 0 unspecified atom stereocenters. The molecule has 1 aromatic heterocycles. The van der Waals surface area contributed by atoms with Crippen LogP contribution >= 0.6 is 39.7 Å². The first-order chi connectivity index (χ1) is 17.7. The summed E-state index contributed by atoms with van der Waals surface area (Å²) in [6, 6.07) is 18.8. The number of aromatic nitrogens is 1. The van der Waals surface area contributed by atoms with Crippen molar-refractivity contribution in [2.24, 2.45) is 0 Å². The summed E-state index contributed by atoms with van der Waals surface area (Å²) in [5.41, 5.74) is 5.15. The minimum Gasteiger partial charge on any atom is -0.495 e. The quantitative estimate of drug-likeness (QED) is 0.207. The van der Waals surface area contributed by atoms with Crippen molar-refractivity contribution in [3.63, 3.8) is 0 Å². The average Bonchev–Trinajstić information content (AvgIpc) is 3.29. The Morgan fingerprint density at radius 1 is 1.11 bits per heavy atom. The number of aryl methyl sites for hydroxylation is 2. The number of halogens is 2. The molecular formula is C28H21BrClN3O3S. The molecule has 9 heteroatoms. The van der Waals surface area contributed by atoms with Gasteiger partial charge in [0.15, 0.2) is 10.7 Å². The maximum Gasteiger partial charge on any atom is 0.261 e. The second-order valence-electron chi connectivity index (χ2n) is 8.54. The Morgan fingerprint density at radius 2 is 1.89 bits per heavy atom. The number of carbonyl (C=O) groups excluding carboxylic acids is 1. The molecule has 0 fully saturated rings. The van der Waals surface area contributed by atoms with Gasteiger partial charge < -0.3 is 14.5 Å². The SMILES string of the molecule is COc1c(C(=O)NC(=S)Nc2ccc(Cl)c(-c3nc4cc(C)cc(C)c4o3)c2)cc2ccccc2c1Br. The van der Waals surface area contributed by atoms with Crippen molar-refractivity contribution in [3.05, 3.63) is 86.8 Å². The van der Waals surface area contributed by atoms with Gasteiger partial charge in [-0.25, -0.2) is 4.98 Å². The highest BCUT2D eigenvalue weighted by Crippen LogP contribution is 2.37. The van der Waals surface area contributed by atoms with Crippen LogP contribution in [0.5, 0.6) is 5.75 Å². The lowest BCUT2D eigenvalue weighted by Gasteiger charge is -2.15. The van der Waals surface area contributed by atoms with Crippen molar-refractivity contribution >= 4 is 78.3 Å². The molecule has 5 rings (SSSR count). The number of amides is 1. The van der Waals surface area contributed by atoms with Crippen LogP contribution in [0.15, 0.2) is 69.6 Å². The summed E-state index contributed by atoms with van der Waals surface area (Å²) in [4.78, 5) is 17.8. The van der Waals surface area contributed by atoms with Crippen LogP contribution in [0, 0.1) is 13.8 Å². The van der Waals surface area contributed by atoms with Gasteiger partial charge in [0.05, 0.1) is 27.7 Å². The predicted octanol–water partition coefficient (Wildman–Crippen LogP) is 7.82. The first-order valence-electron chi connectivity index (χ1n) is 11.3. The fourth-order valence-corrected chi connectivity index (χ4v) is 5.39. The smallest absolute Gasteiger partial charge is 0.261 e. The van der Waals surface area contributed by atoms with Crippen molar-refractivity contribution in [2.45, 2.75) is 13.8 Å². The number of ether oxygens (including phenoxy) is 1. The van der Waals surface area contributed by atoms with Gasteiger partial charge in [-0.2, -0.15) is 0 Å². The van der Waals surface area contributed by atoms with Crippen LogP contribution in [0.2, 0.25) is 5.02 Å². The fraction of sp³-hybridized carbons (Fsp3) is 0.107. The largest absolute Gasteiger partial charge is 0.495 e. The number of nitrogens with zero attached hydrogens (tertiary/aromatic N) is 1. The standard InChI is InChI=1S/C28H21BrClN3O3S/c1-14-10-15(2)24-22(11-14)32-27(36-24)19-13-17(8-9-21(19)30)31-28(37)33-26(34)20-12-16-6-4-5-7-18(16)23(29)25(20)35-3/h4-13H,1-3H3,(H2,31,33,34,37). The molecule has 37 heavy (non-hydrogen) atoms. The van der Waals surface area contributed by atoms with Gasteiger partial charge in [-0.05, 0) is 94.2 Å². The van der Waals surface area contributed by atoms with Gasteiger partial charge in [-0.15, -0.1) is 0 Å². The third kappa shape index (κ3) is 4.92. The Morgan fingerprint density at radius 3 is 2.68 bits per heavy atom. The van der Waals surface area contributed by atoms with Gasteiger partial charge >= 0.3 is 0 Å². The average molecular weight is 595 g/mol. The molecule has 0 bridgehead atoms. The number of hydrogen-bond acceptors (Lipinski definition) is 5. The van der Waals surface area contributed by atoms with E-state index < -0.39 is 5.91 Å². The summed E-state index contributed by atoms with van der Waals surface area (Å²) in [5, 5.41) is 8.20. The fourth-order valence-electron chi connectivity index (χ4n) is 4.24. The topological polar surface area (TPSA) is 76.4 Å². The molecule has 0 aliphatic heterocycles. The Hall–Kier alpha value is -3.46. The minimum absolute atomic E-state index is 0.119. The molecule has 0 spiro atoms. The summed E-state index contributed by atoms with van der Waals surface area (Å²) >= 11 is 15.5. The van der Waals surface area contributed by atoms with Crippen LogP contribution in [-0.2, 0) is 0 Å². The van der Waals surface area contributed by atoms with E-state index in [2.05, 4.69) is 31.5 Å². The van der Waals surface area contributed by atoms with Gasteiger partial charge in [0.2, 0.25) is 5.89 Å². The van der Waals surface area contributed by atoms with Gasteiger partial charge in [-0.1, -0.05) is 41.9 Å².